The summed E-state index contributed by atoms with van der Waals surface area (Å²) in [5.41, 5.74) is 15.0. The van der Waals surface area contributed by atoms with Crippen LogP contribution in [0, 0.1) is 0 Å². The number of fused-ring (bicyclic) bond motifs is 5. The molecule has 2 nitrogen and oxygen atoms in total. The molecule has 0 unspecified atom stereocenters. The van der Waals surface area contributed by atoms with Crippen LogP contribution in [0.5, 0.6) is 0 Å². The second kappa shape index (κ2) is 12.5. The Morgan fingerprint density at radius 1 is 0.389 bits per heavy atom. The van der Waals surface area contributed by atoms with Gasteiger partial charge >= 0.3 is 0 Å². The summed E-state index contributed by atoms with van der Waals surface area (Å²) in [5, 5.41) is 5.14. The fourth-order valence-electron chi connectivity index (χ4n) is 8.27. The van der Waals surface area contributed by atoms with Crippen LogP contribution in [-0.4, -0.2) is 9.55 Å². The summed E-state index contributed by atoms with van der Waals surface area (Å²) in [6.45, 7) is 0. The lowest BCUT2D eigenvalue weighted by atomic mass is 9.94. The van der Waals surface area contributed by atoms with E-state index in [0.717, 1.165) is 39.3 Å². The van der Waals surface area contributed by atoms with E-state index in [1.165, 1.54) is 64.6 Å². The minimum absolute atomic E-state index is 0.961. The highest BCUT2D eigenvalue weighted by Gasteiger charge is 2.23. The molecule has 0 bridgehead atoms. The Labute approximate surface area is 318 Å². The normalized spacial score (nSPS) is 12.0. The van der Waals surface area contributed by atoms with E-state index >= 15 is 0 Å². The molecule has 1 aliphatic heterocycles. The van der Waals surface area contributed by atoms with E-state index in [4.69, 9.17) is 4.98 Å². The first-order valence-corrected chi connectivity index (χ1v) is 19.2. The van der Waals surface area contributed by atoms with E-state index in [0.29, 0.717) is 0 Å². The number of pyridine rings is 1. The highest BCUT2D eigenvalue weighted by molar-refractivity contribution is 8.00. The van der Waals surface area contributed by atoms with Crippen LogP contribution in [0.1, 0.15) is 0 Å². The van der Waals surface area contributed by atoms with Crippen molar-refractivity contribution in [3.8, 4) is 61.6 Å². The second-order valence-electron chi connectivity index (χ2n) is 13.9. The van der Waals surface area contributed by atoms with Gasteiger partial charge in [-0.2, -0.15) is 0 Å². The first-order valence-electron chi connectivity index (χ1n) is 18.4. The van der Waals surface area contributed by atoms with Crippen LogP contribution in [0.3, 0.4) is 0 Å². The van der Waals surface area contributed by atoms with E-state index in [1.807, 2.05) is 11.8 Å². The van der Waals surface area contributed by atoms with Gasteiger partial charge in [-0.15, -0.1) is 0 Å². The molecular weight excluding hydrogens is 673 g/mol. The molecule has 3 heterocycles. The average molecular weight is 705 g/mol. The third-order valence-electron chi connectivity index (χ3n) is 10.8. The number of hydrogen-bond donors (Lipinski definition) is 0. The third-order valence-corrected chi connectivity index (χ3v) is 12.0. The Bertz CT molecular complexity index is 3010. The summed E-state index contributed by atoms with van der Waals surface area (Å²) < 4.78 is 2.42. The molecule has 0 saturated carbocycles. The number of rotatable bonds is 5. The average Bonchev–Trinajstić information content (AvgIpc) is 3.58. The van der Waals surface area contributed by atoms with Gasteiger partial charge in [-0.1, -0.05) is 157 Å². The summed E-state index contributed by atoms with van der Waals surface area (Å²) in [6, 6.07) is 70.2. The van der Waals surface area contributed by atoms with Gasteiger partial charge in [0.1, 0.15) is 0 Å². The molecule has 3 heteroatoms. The standard InChI is InChI=1S/C51H32N2S/c1-3-13-33(14-4-1)45-31-38(32-46(52-45)34-15-5-2-6-16-34)36-19-9-20-39(29-36)53-47-25-8-7-21-41(47)44-30-37(27-28-48(44)53)40-22-12-24-43-42-23-10-17-35-18-11-26-49(50(35)42)54-51(40)43/h1-32H. The predicted octanol–water partition coefficient (Wildman–Crippen LogP) is 14.1. The van der Waals surface area contributed by atoms with Crippen LogP contribution in [0.25, 0.3) is 94.2 Å². The minimum atomic E-state index is 0.961. The number of nitrogens with zero attached hydrogens (tertiary/aromatic N) is 2. The van der Waals surface area contributed by atoms with E-state index in [-0.39, 0.29) is 0 Å². The van der Waals surface area contributed by atoms with Gasteiger partial charge in [0.2, 0.25) is 0 Å². The molecule has 0 spiro atoms. The molecule has 54 heavy (non-hydrogen) atoms. The van der Waals surface area contributed by atoms with Crippen LogP contribution in [0.4, 0.5) is 0 Å². The number of aromatic nitrogens is 2. The lowest BCUT2D eigenvalue weighted by Crippen LogP contribution is -1.96. The minimum Gasteiger partial charge on any atom is -0.309 e. The maximum absolute atomic E-state index is 5.13. The van der Waals surface area contributed by atoms with Crippen molar-refractivity contribution in [2.75, 3.05) is 0 Å². The van der Waals surface area contributed by atoms with Crippen molar-refractivity contribution in [3.05, 3.63) is 194 Å². The van der Waals surface area contributed by atoms with Crippen molar-refractivity contribution in [1.82, 2.24) is 9.55 Å². The topological polar surface area (TPSA) is 17.8 Å². The highest BCUT2D eigenvalue weighted by atomic mass is 32.2. The molecule has 0 aliphatic carbocycles. The van der Waals surface area contributed by atoms with Crippen LogP contribution >= 0.6 is 11.8 Å². The number of para-hydroxylation sites is 1. The van der Waals surface area contributed by atoms with Gasteiger partial charge in [0.25, 0.3) is 0 Å². The fourth-order valence-corrected chi connectivity index (χ4v) is 9.55. The summed E-state index contributed by atoms with van der Waals surface area (Å²) in [7, 11) is 0. The molecule has 252 valence electrons. The zero-order valence-electron chi connectivity index (χ0n) is 29.3. The summed E-state index contributed by atoms with van der Waals surface area (Å²) >= 11 is 1.90. The maximum atomic E-state index is 5.13. The van der Waals surface area contributed by atoms with Crippen LogP contribution in [-0.2, 0) is 0 Å². The van der Waals surface area contributed by atoms with Crippen molar-refractivity contribution in [2.45, 2.75) is 9.79 Å². The van der Waals surface area contributed by atoms with Crippen LogP contribution < -0.4 is 0 Å². The van der Waals surface area contributed by atoms with Crippen molar-refractivity contribution < 1.29 is 0 Å². The smallest absolute Gasteiger partial charge is 0.0715 e. The van der Waals surface area contributed by atoms with E-state index < -0.39 is 0 Å². The first-order chi connectivity index (χ1) is 26.8. The lowest BCUT2D eigenvalue weighted by Gasteiger charge is -2.22. The molecule has 0 atom stereocenters. The molecule has 2 aromatic heterocycles. The van der Waals surface area contributed by atoms with Crippen molar-refractivity contribution in [3.63, 3.8) is 0 Å². The zero-order chi connectivity index (χ0) is 35.6. The van der Waals surface area contributed by atoms with Gasteiger partial charge in [0.05, 0.1) is 22.4 Å². The third kappa shape index (κ3) is 5.01. The Morgan fingerprint density at radius 3 is 1.81 bits per heavy atom. The number of hydrogen-bond acceptors (Lipinski definition) is 2. The summed E-state index contributed by atoms with van der Waals surface area (Å²) in [4.78, 5) is 7.77. The largest absolute Gasteiger partial charge is 0.309 e. The zero-order valence-corrected chi connectivity index (χ0v) is 30.1. The fraction of sp³-hybridized carbons (Fsp3) is 0. The lowest BCUT2D eigenvalue weighted by molar-refractivity contribution is 1.18. The summed E-state index contributed by atoms with van der Waals surface area (Å²) in [5.74, 6) is 0. The van der Waals surface area contributed by atoms with E-state index in [1.54, 1.807) is 0 Å². The SMILES string of the molecule is c1ccc(-c2cc(-c3cccc(-n4c5ccccc5c5cc(-c6cccc7c6Sc6cccc8cccc-7c68)ccc54)c3)cc(-c3ccccc3)n2)cc1. The predicted molar refractivity (Wildman–Crippen MR) is 227 cm³/mol. The Kier molecular flexibility index (Phi) is 7.14. The van der Waals surface area contributed by atoms with Gasteiger partial charge in [0, 0.05) is 42.8 Å². The van der Waals surface area contributed by atoms with Gasteiger partial charge in [-0.3, -0.25) is 0 Å². The van der Waals surface area contributed by atoms with E-state index in [2.05, 4.69) is 199 Å². The molecule has 0 radical (unpaired) electrons. The molecule has 11 rings (SSSR count). The molecular formula is C51H32N2S. The molecule has 0 N–H and O–H groups in total. The van der Waals surface area contributed by atoms with Crippen molar-refractivity contribution >= 4 is 44.3 Å². The quantitative estimate of drug-likeness (QED) is 0.177. The van der Waals surface area contributed by atoms with Gasteiger partial charge in [-0.25, -0.2) is 4.98 Å². The first kappa shape index (κ1) is 30.9. The Morgan fingerprint density at radius 2 is 1.02 bits per heavy atom. The second-order valence-corrected chi connectivity index (χ2v) is 15.0. The summed E-state index contributed by atoms with van der Waals surface area (Å²) in [6.07, 6.45) is 0. The molecule has 0 fully saturated rings. The number of benzene rings is 8. The van der Waals surface area contributed by atoms with Gasteiger partial charge in [-0.05, 0) is 87.3 Å². The molecule has 10 aromatic rings. The molecule has 0 saturated heterocycles. The Hall–Kier alpha value is -6.68. The highest BCUT2D eigenvalue weighted by Crippen LogP contribution is 2.51. The van der Waals surface area contributed by atoms with E-state index in [9.17, 15) is 0 Å². The maximum Gasteiger partial charge on any atom is 0.0715 e. The van der Waals surface area contributed by atoms with Gasteiger partial charge < -0.3 is 4.57 Å². The van der Waals surface area contributed by atoms with Gasteiger partial charge in [0.15, 0.2) is 0 Å². The Balaban J connectivity index is 1.06. The molecule has 8 aromatic carbocycles. The van der Waals surface area contributed by atoms with Crippen molar-refractivity contribution in [2.24, 2.45) is 0 Å². The van der Waals surface area contributed by atoms with Crippen molar-refractivity contribution in [1.29, 1.82) is 0 Å². The molecule has 0 amide bonds. The molecule has 1 aliphatic rings. The van der Waals surface area contributed by atoms with Crippen LogP contribution in [0.2, 0.25) is 0 Å². The van der Waals surface area contributed by atoms with Crippen LogP contribution in [0.15, 0.2) is 204 Å². The monoisotopic (exact) mass is 704 g/mol.